The van der Waals surface area contributed by atoms with Crippen molar-refractivity contribution in [2.24, 2.45) is 5.92 Å². The molecular formula is C8H11F2N3. The molecule has 1 saturated carbocycles. The smallest absolute Gasteiger partial charge is 0.248 e. The molecule has 0 bridgehead atoms. The van der Waals surface area contributed by atoms with Gasteiger partial charge in [0.15, 0.2) is 0 Å². The summed E-state index contributed by atoms with van der Waals surface area (Å²) in [5.74, 6) is -2.39. The monoisotopic (exact) mass is 187 g/mol. The number of hydrogen-bond acceptors (Lipinski definition) is 2. The summed E-state index contributed by atoms with van der Waals surface area (Å²) in [6.07, 6.45) is 3.15. The van der Waals surface area contributed by atoms with Crippen molar-refractivity contribution in [2.75, 3.05) is 5.73 Å². The van der Waals surface area contributed by atoms with Crippen LogP contribution in [0.25, 0.3) is 0 Å². The SMILES string of the molecule is Nc1cnn(CC2CC(F)(F)C2)c1. The van der Waals surface area contributed by atoms with Crippen LogP contribution in [-0.2, 0) is 6.54 Å². The Bertz CT molecular complexity index is 300. The van der Waals surface area contributed by atoms with E-state index in [2.05, 4.69) is 5.10 Å². The van der Waals surface area contributed by atoms with E-state index in [1.54, 1.807) is 10.9 Å². The lowest BCUT2D eigenvalue weighted by molar-refractivity contribution is -0.114. The maximum absolute atomic E-state index is 12.4. The fourth-order valence-electron chi connectivity index (χ4n) is 1.66. The molecule has 1 aliphatic rings. The molecule has 5 heteroatoms. The van der Waals surface area contributed by atoms with Gasteiger partial charge in [0.05, 0.1) is 11.9 Å². The zero-order chi connectivity index (χ0) is 9.47. The summed E-state index contributed by atoms with van der Waals surface area (Å²) in [6.45, 7) is 0.548. The van der Waals surface area contributed by atoms with Crippen LogP contribution in [0.2, 0.25) is 0 Å². The molecule has 0 aromatic carbocycles. The lowest BCUT2D eigenvalue weighted by Crippen LogP contribution is -2.37. The normalized spacial score (nSPS) is 21.4. The zero-order valence-corrected chi connectivity index (χ0v) is 7.08. The Morgan fingerprint density at radius 1 is 1.62 bits per heavy atom. The Morgan fingerprint density at radius 2 is 2.31 bits per heavy atom. The summed E-state index contributed by atoms with van der Waals surface area (Å²) in [5, 5.41) is 3.93. The summed E-state index contributed by atoms with van der Waals surface area (Å²) in [6, 6.07) is 0. The van der Waals surface area contributed by atoms with Crippen molar-refractivity contribution in [1.82, 2.24) is 9.78 Å². The highest BCUT2D eigenvalue weighted by molar-refractivity contribution is 5.30. The summed E-state index contributed by atoms with van der Waals surface area (Å²) in [5.41, 5.74) is 6.01. The number of hydrogen-bond donors (Lipinski definition) is 1. The Labute approximate surface area is 74.5 Å². The zero-order valence-electron chi connectivity index (χ0n) is 7.08. The molecule has 1 aromatic heterocycles. The van der Waals surface area contributed by atoms with Crippen LogP contribution in [-0.4, -0.2) is 15.7 Å². The van der Waals surface area contributed by atoms with Gasteiger partial charge in [-0.25, -0.2) is 8.78 Å². The van der Waals surface area contributed by atoms with Gasteiger partial charge in [-0.15, -0.1) is 0 Å². The van der Waals surface area contributed by atoms with Crippen molar-refractivity contribution in [2.45, 2.75) is 25.3 Å². The van der Waals surface area contributed by atoms with Gasteiger partial charge in [-0.2, -0.15) is 5.10 Å². The average Bonchev–Trinajstić information content (AvgIpc) is 2.31. The first-order valence-electron chi connectivity index (χ1n) is 4.21. The molecule has 0 aliphatic heterocycles. The van der Waals surface area contributed by atoms with Crippen LogP contribution in [0.3, 0.4) is 0 Å². The van der Waals surface area contributed by atoms with Crippen LogP contribution >= 0.6 is 0 Å². The van der Waals surface area contributed by atoms with E-state index >= 15 is 0 Å². The molecule has 1 aromatic rings. The van der Waals surface area contributed by atoms with Crippen LogP contribution in [0.4, 0.5) is 14.5 Å². The predicted molar refractivity (Wildman–Crippen MR) is 44.3 cm³/mol. The molecule has 13 heavy (non-hydrogen) atoms. The standard InChI is InChI=1S/C8H11F2N3/c9-8(10)1-6(2-8)4-13-5-7(11)3-12-13/h3,5-6H,1-2,4,11H2. The maximum atomic E-state index is 12.4. The molecule has 0 unspecified atom stereocenters. The fourth-order valence-corrected chi connectivity index (χ4v) is 1.66. The Kier molecular flexibility index (Phi) is 1.75. The van der Waals surface area contributed by atoms with Crippen molar-refractivity contribution >= 4 is 5.69 Å². The number of alkyl halides is 2. The molecule has 0 amide bonds. The van der Waals surface area contributed by atoms with Crippen LogP contribution in [0, 0.1) is 5.92 Å². The molecule has 0 saturated heterocycles. The Balaban J connectivity index is 1.87. The Morgan fingerprint density at radius 3 is 2.77 bits per heavy atom. The molecule has 72 valence electrons. The van der Waals surface area contributed by atoms with E-state index in [1.807, 2.05) is 0 Å². The van der Waals surface area contributed by atoms with Crippen molar-refractivity contribution in [3.8, 4) is 0 Å². The highest BCUT2D eigenvalue weighted by Gasteiger charge is 2.45. The number of rotatable bonds is 2. The van der Waals surface area contributed by atoms with E-state index in [0.29, 0.717) is 12.2 Å². The predicted octanol–water partition coefficient (Wildman–Crippen LogP) is 1.51. The van der Waals surface area contributed by atoms with Gasteiger partial charge >= 0.3 is 0 Å². The minimum Gasteiger partial charge on any atom is -0.396 e. The fraction of sp³-hybridized carbons (Fsp3) is 0.625. The number of nitrogen functional groups attached to an aromatic ring is 1. The number of aromatic nitrogens is 2. The van der Waals surface area contributed by atoms with Gasteiger partial charge < -0.3 is 5.73 Å². The first kappa shape index (κ1) is 8.47. The topological polar surface area (TPSA) is 43.8 Å². The summed E-state index contributed by atoms with van der Waals surface area (Å²) in [7, 11) is 0. The van der Waals surface area contributed by atoms with E-state index in [9.17, 15) is 8.78 Å². The van der Waals surface area contributed by atoms with Gasteiger partial charge in [0, 0.05) is 25.6 Å². The third-order valence-corrected chi connectivity index (χ3v) is 2.27. The van der Waals surface area contributed by atoms with Gasteiger partial charge in [-0.05, 0) is 5.92 Å². The van der Waals surface area contributed by atoms with Gasteiger partial charge in [0.25, 0.3) is 0 Å². The minimum atomic E-state index is -2.44. The molecule has 0 spiro atoms. The first-order valence-corrected chi connectivity index (χ1v) is 4.21. The molecule has 2 N–H and O–H groups in total. The van der Waals surface area contributed by atoms with Crippen molar-refractivity contribution in [1.29, 1.82) is 0 Å². The van der Waals surface area contributed by atoms with E-state index < -0.39 is 5.92 Å². The van der Waals surface area contributed by atoms with Gasteiger partial charge in [-0.3, -0.25) is 4.68 Å². The summed E-state index contributed by atoms with van der Waals surface area (Å²) < 4.78 is 26.5. The van der Waals surface area contributed by atoms with Gasteiger partial charge in [-0.1, -0.05) is 0 Å². The number of nitrogens with zero attached hydrogens (tertiary/aromatic N) is 2. The lowest BCUT2D eigenvalue weighted by Gasteiger charge is -2.34. The van der Waals surface area contributed by atoms with Gasteiger partial charge in [0.1, 0.15) is 0 Å². The molecule has 2 rings (SSSR count). The van der Waals surface area contributed by atoms with Crippen molar-refractivity contribution < 1.29 is 8.78 Å². The third-order valence-electron chi connectivity index (χ3n) is 2.27. The van der Waals surface area contributed by atoms with E-state index in [1.165, 1.54) is 6.20 Å². The van der Waals surface area contributed by atoms with Crippen LogP contribution in [0.1, 0.15) is 12.8 Å². The van der Waals surface area contributed by atoms with Crippen LogP contribution < -0.4 is 5.73 Å². The second-order valence-corrected chi connectivity index (χ2v) is 3.63. The van der Waals surface area contributed by atoms with Crippen LogP contribution in [0.5, 0.6) is 0 Å². The molecule has 1 aliphatic carbocycles. The molecule has 3 nitrogen and oxygen atoms in total. The van der Waals surface area contributed by atoms with E-state index in [4.69, 9.17) is 5.73 Å². The second-order valence-electron chi connectivity index (χ2n) is 3.63. The summed E-state index contributed by atoms with van der Waals surface area (Å²) >= 11 is 0. The van der Waals surface area contributed by atoms with Gasteiger partial charge in [0.2, 0.25) is 5.92 Å². The maximum Gasteiger partial charge on any atom is 0.248 e. The third kappa shape index (κ3) is 1.79. The summed E-state index contributed by atoms with van der Waals surface area (Å²) in [4.78, 5) is 0. The highest BCUT2D eigenvalue weighted by Crippen LogP contribution is 2.42. The average molecular weight is 187 g/mol. The molecule has 1 fully saturated rings. The van der Waals surface area contributed by atoms with E-state index in [-0.39, 0.29) is 18.8 Å². The largest absolute Gasteiger partial charge is 0.396 e. The van der Waals surface area contributed by atoms with E-state index in [0.717, 1.165) is 0 Å². The number of halogens is 2. The molecule has 0 radical (unpaired) electrons. The number of nitrogens with two attached hydrogens (primary N) is 1. The van der Waals surface area contributed by atoms with Crippen molar-refractivity contribution in [3.63, 3.8) is 0 Å². The number of anilines is 1. The quantitative estimate of drug-likeness (QED) is 0.762. The van der Waals surface area contributed by atoms with Crippen molar-refractivity contribution in [3.05, 3.63) is 12.4 Å². The molecular weight excluding hydrogens is 176 g/mol. The second kappa shape index (κ2) is 2.68. The minimum absolute atomic E-state index is 0.0211. The Hall–Kier alpha value is -1.13. The lowest BCUT2D eigenvalue weighted by atomic mass is 9.81. The highest BCUT2D eigenvalue weighted by atomic mass is 19.3. The van der Waals surface area contributed by atoms with Crippen LogP contribution in [0.15, 0.2) is 12.4 Å². The first-order chi connectivity index (χ1) is 6.05. The molecule has 1 heterocycles. The molecule has 0 atom stereocenters.